The summed E-state index contributed by atoms with van der Waals surface area (Å²) in [5.41, 5.74) is 2.97. The fourth-order valence-electron chi connectivity index (χ4n) is 1.16. The number of hydrogen-bond acceptors (Lipinski definition) is 2. The maximum absolute atomic E-state index is 4.10. The van der Waals surface area contributed by atoms with E-state index in [2.05, 4.69) is 10.2 Å². The van der Waals surface area contributed by atoms with E-state index in [0.29, 0.717) is 0 Å². The highest BCUT2D eigenvalue weighted by molar-refractivity contribution is 6.30. The lowest BCUT2D eigenvalue weighted by Crippen LogP contribution is -2.09. The van der Waals surface area contributed by atoms with Crippen LogP contribution in [0.4, 0.5) is 0 Å². The minimum absolute atomic E-state index is 0.922. The van der Waals surface area contributed by atoms with E-state index in [1.165, 1.54) is 0 Å². The Bertz CT molecular complexity index is 383. The van der Waals surface area contributed by atoms with Crippen LogP contribution in [-0.2, 0) is 0 Å². The van der Waals surface area contributed by atoms with E-state index < -0.39 is 0 Å². The Morgan fingerprint density at radius 2 is 1.62 bits per heavy atom. The quantitative estimate of drug-likeness (QED) is 0.576. The Morgan fingerprint density at radius 1 is 0.846 bits per heavy atom. The van der Waals surface area contributed by atoms with Crippen LogP contribution in [0.5, 0.6) is 0 Å². The van der Waals surface area contributed by atoms with E-state index in [0.717, 1.165) is 16.9 Å². The molecule has 1 aromatic heterocycles. The largest absolute Gasteiger partial charge is 0.166 e. The molecule has 0 N–H and O–H groups in total. The molecule has 0 spiro atoms. The van der Waals surface area contributed by atoms with Crippen LogP contribution in [0.1, 0.15) is 0 Å². The van der Waals surface area contributed by atoms with Crippen molar-refractivity contribution in [2.45, 2.75) is 0 Å². The van der Waals surface area contributed by atoms with Gasteiger partial charge in [0.2, 0.25) is 0 Å². The fourth-order valence-corrected chi connectivity index (χ4v) is 1.16. The van der Waals surface area contributed by atoms with E-state index >= 15 is 0 Å². The molecule has 13 heavy (non-hydrogen) atoms. The van der Waals surface area contributed by atoms with Crippen LogP contribution in [0.25, 0.3) is 11.3 Å². The van der Waals surface area contributed by atoms with Crippen LogP contribution in [0, 0.1) is 0 Å². The topological polar surface area (TPSA) is 25.8 Å². The van der Waals surface area contributed by atoms with Crippen LogP contribution in [0.2, 0.25) is 0 Å². The predicted molar refractivity (Wildman–Crippen MR) is 55.6 cm³/mol. The summed E-state index contributed by atoms with van der Waals surface area (Å²) in [4.78, 5) is 0. The number of benzene rings is 1. The minimum atomic E-state index is 0.922. The summed E-state index contributed by atoms with van der Waals surface area (Å²) in [5, 5.41) is 8.10. The molecule has 0 aliphatic carbocycles. The lowest BCUT2D eigenvalue weighted by atomic mass is 10.0. The van der Waals surface area contributed by atoms with Crippen LogP contribution in [0.3, 0.4) is 0 Å². The standard InChI is InChI=1S/C10H9BN2/c11-10-7-6-9(12-13-10)8-4-2-1-3-5-8/h1-7H,11H2. The number of aromatic nitrogens is 2. The third kappa shape index (κ3) is 1.75. The van der Waals surface area contributed by atoms with Gasteiger partial charge in [-0.2, -0.15) is 10.2 Å². The van der Waals surface area contributed by atoms with E-state index in [9.17, 15) is 0 Å². The first-order valence-electron chi connectivity index (χ1n) is 4.22. The second-order valence-corrected chi connectivity index (χ2v) is 2.93. The first-order valence-corrected chi connectivity index (χ1v) is 4.22. The van der Waals surface area contributed by atoms with E-state index in [1.54, 1.807) is 0 Å². The fraction of sp³-hybridized carbons (Fsp3) is 0. The molecule has 0 saturated carbocycles. The molecule has 0 fully saturated rings. The van der Waals surface area contributed by atoms with Gasteiger partial charge in [-0.05, 0) is 12.1 Å². The van der Waals surface area contributed by atoms with E-state index in [1.807, 2.05) is 50.3 Å². The number of hydrogen-bond donors (Lipinski definition) is 0. The molecule has 2 aromatic rings. The molecule has 0 bridgehead atoms. The van der Waals surface area contributed by atoms with Crippen molar-refractivity contribution >= 4 is 13.4 Å². The van der Waals surface area contributed by atoms with Crippen molar-refractivity contribution in [3.8, 4) is 11.3 Å². The Hall–Kier alpha value is -1.64. The van der Waals surface area contributed by atoms with Crippen molar-refractivity contribution in [3.05, 3.63) is 42.5 Å². The normalized spacial score (nSPS) is 9.85. The van der Waals surface area contributed by atoms with E-state index in [-0.39, 0.29) is 0 Å². The van der Waals surface area contributed by atoms with Gasteiger partial charge in [-0.1, -0.05) is 30.3 Å². The van der Waals surface area contributed by atoms with Gasteiger partial charge in [0.15, 0.2) is 7.85 Å². The predicted octanol–water partition coefficient (Wildman–Crippen LogP) is 0.402. The molecule has 2 rings (SSSR count). The highest BCUT2D eigenvalue weighted by Gasteiger charge is 1.96. The molecule has 1 heterocycles. The molecule has 0 aliphatic heterocycles. The highest BCUT2D eigenvalue weighted by atomic mass is 15.1. The smallest absolute Gasteiger partial charge is 0.166 e. The zero-order chi connectivity index (χ0) is 9.10. The monoisotopic (exact) mass is 168 g/mol. The Morgan fingerprint density at radius 3 is 2.23 bits per heavy atom. The summed E-state index contributed by atoms with van der Waals surface area (Å²) in [6.07, 6.45) is 0. The molecule has 0 aliphatic rings. The van der Waals surface area contributed by atoms with Gasteiger partial charge in [-0.25, -0.2) is 0 Å². The van der Waals surface area contributed by atoms with Gasteiger partial charge in [0, 0.05) is 11.2 Å². The minimum Gasteiger partial charge on any atom is -0.166 e. The van der Waals surface area contributed by atoms with Crippen LogP contribution in [0.15, 0.2) is 42.5 Å². The van der Waals surface area contributed by atoms with E-state index in [4.69, 9.17) is 0 Å². The SMILES string of the molecule is Bc1ccc(-c2ccccc2)nn1. The summed E-state index contributed by atoms with van der Waals surface area (Å²) in [6, 6.07) is 14.0. The second-order valence-electron chi connectivity index (χ2n) is 2.93. The summed E-state index contributed by atoms with van der Waals surface area (Å²) in [7, 11) is 1.93. The molecule has 0 radical (unpaired) electrons. The van der Waals surface area contributed by atoms with Crippen LogP contribution < -0.4 is 5.59 Å². The summed E-state index contributed by atoms with van der Waals surface area (Å²) in [5.74, 6) is 0. The lowest BCUT2D eigenvalue weighted by Gasteiger charge is -1.98. The molecular formula is C10H9BN2. The van der Waals surface area contributed by atoms with Gasteiger partial charge in [-0.3, -0.25) is 0 Å². The summed E-state index contributed by atoms with van der Waals surface area (Å²) in [6.45, 7) is 0. The molecule has 0 atom stereocenters. The first kappa shape index (κ1) is 7.99. The van der Waals surface area contributed by atoms with Crippen LogP contribution >= 0.6 is 0 Å². The molecule has 2 nitrogen and oxygen atoms in total. The molecule has 3 heteroatoms. The number of nitrogens with zero attached hydrogens (tertiary/aromatic N) is 2. The van der Waals surface area contributed by atoms with Gasteiger partial charge in [0.1, 0.15) is 0 Å². The summed E-state index contributed by atoms with van der Waals surface area (Å²) >= 11 is 0. The van der Waals surface area contributed by atoms with Gasteiger partial charge in [-0.15, -0.1) is 0 Å². The van der Waals surface area contributed by atoms with Crippen LogP contribution in [-0.4, -0.2) is 18.0 Å². The van der Waals surface area contributed by atoms with Gasteiger partial charge in [0.25, 0.3) is 0 Å². The molecular weight excluding hydrogens is 159 g/mol. The van der Waals surface area contributed by atoms with Crippen molar-refractivity contribution in [3.63, 3.8) is 0 Å². The highest BCUT2D eigenvalue weighted by Crippen LogP contribution is 2.13. The molecule has 62 valence electrons. The van der Waals surface area contributed by atoms with Gasteiger partial charge < -0.3 is 0 Å². The molecule has 1 aromatic carbocycles. The van der Waals surface area contributed by atoms with Crippen molar-refractivity contribution in [2.24, 2.45) is 0 Å². The Balaban J connectivity index is 2.42. The lowest BCUT2D eigenvalue weighted by molar-refractivity contribution is 1.07. The summed E-state index contributed by atoms with van der Waals surface area (Å²) < 4.78 is 0. The van der Waals surface area contributed by atoms with Crippen molar-refractivity contribution < 1.29 is 0 Å². The van der Waals surface area contributed by atoms with Gasteiger partial charge >= 0.3 is 0 Å². The average molecular weight is 168 g/mol. The third-order valence-electron chi connectivity index (χ3n) is 1.87. The Labute approximate surface area is 78.0 Å². The molecule has 0 saturated heterocycles. The maximum Gasteiger partial charge on any atom is 0.166 e. The third-order valence-corrected chi connectivity index (χ3v) is 1.87. The molecule has 0 unspecified atom stereocenters. The van der Waals surface area contributed by atoms with Crippen molar-refractivity contribution in [1.29, 1.82) is 0 Å². The first-order chi connectivity index (χ1) is 6.36. The average Bonchev–Trinajstić information content (AvgIpc) is 2.20. The second kappa shape index (κ2) is 3.39. The van der Waals surface area contributed by atoms with Crippen molar-refractivity contribution in [1.82, 2.24) is 10.2 Å². The number of rotatable bonds is 1. The van der Waals surface area contributed by atoms with Crippen molar-refractivity contribution in [2.75, 3.05) is 0 Å². The van der Waals surface area contributed by atoms with Gasteiger partial charge in [0.05, 0.1) is 5.69 Å². The zero-order valence-electron chi connectivity index (χ0n) is 7.44. The Kier molecular flexibility index (Phi) is 2.09. The molecule has 0 amide bonds. The maximum atomic E-state index is 4.10. The zero-order valence-corrected chi connectivity index (χ0v) is 7.44.